The highest BCUT2D eigenvalue weighted by molar-refractivity contribution is 5.94. The summed E-state index contributed by atoms with van der Waals surface area (Å²) >= 11 is 0. The molecule has 0 aromatic heterocycles. The minimum Gasteiger partial charge on any atom is -0.466 e. The molecule has 18 heavy (non-hydrogen) atoms. The molecule has 1 aromatic carbocycles. The molecule has 1 aliphatic heterocycles. The van der Waals surface area contributed by atoms with E-state index in [1.165, 1.54) is 12.0 Å². The quantitative estimate of drug-likeness (QED) is 0.745. The predicted molar refractivity (Wildman–Crippen MR) is 66.7 cm³/mol. The van der Waals surface area contributed by atoms with Gasteiger partial charge in [0.15, 0.2) is 0 Å². The summed E-state index contributed by atoms with van der Waals surface area (Å²) in [5.41, 5.74) is 1.47. The number of hydrogen-bond acceptors (Lipinski definition) is 3. The molecule has 0 saturated heterocycles. The van der Waals surface area contributed by atoms with Gasteiger partial charge in [0.05, 0.1) is 12.7 Å². The molecule has 0 N–H and O–H groups in total. The van der Waals surface area contributed by atoms with Crippen molar-refractivity contribution in [3.63, 3.8) is 0 Å². The van der Waals surface area contributed by atoms with Crippen molar-refractivity contribution in [1.29, 1.82) is 0 Å². The van der Waals surface area contributed by atoms with E-state index < -0.39 is 0 Å². The van der Waals surface area contributed by atoms with E-state index in [9.17, 15) is 9.59 Å². The lowest BCUT2D eigenvalue weighted by Crippen LogP contribution is -2.31. The lowest BCUT2D eigenvalue weighted by molar-refractivity contribution is -0.137. The first-order valence-corrected chi connectivity index (χ1v) is 5.74. The van der Waals surface area contributed by atoms with E-state index in [2.05, 4.69) is 0 Å². The highest BCUT2D eigenvalue weighted by Gasteiger charge is 2.31. The van der Waals surface area contributed by atoms with Crippen LogP contribution in [0.15, 0.2) is 42.1 Å². The minimum atomic E-state index is -0.386. The van der Waals surface area contributed by atoms with E-state index in [1.54, 1.807) is 13.2 Å². The van der Waals surface area contributed by atoms with Crippen LogP contribution in [-0.2, 0) is 14.3 Å². The van der Waals surface area contributed by atoms with Gasteiger partial charge in [0.25, 0.3) is 0 Å². The van der Waals surface area contributed by atoms with Crippen LogP contribution in [0.4, 0.5) is 0 Å². The number of hydrogen-bond donors (Lipinski definition) is 0. The van der Waals surface area contributed by atoms with Crippen LogP contribution in [0.2, 0.25) is 0 Å². The molecular weight excluding hydrogens is 230 g/mol. The van der Waals surface area contributed by atoms with E-state index in [1.807, 2.05) is 30.3 Å². The number of carbonyl (C=O) groups excluding carboxylic acids is 2. The second kappa shape index (κ2) is 5.04. The fraction of sp³-hybridized carbons (Fsp3) is 0.286. The third kappa shape index (κ3) is 2.27. The molecule has 0 radical (unpaired) electrons. The number of esters is 1. The van der Waals surface area contributed by atoms with Gasteiger partial charge in [0.1, 0.15) is 0 Å². The number of benzene rings is 1. The summed E-state index contributed by atoms with van der Waals surface area (Å²) in [5, 5.41) is 0. The smallest absolute Gasteiger partial charge is 0.335 e. The lowest BCUT2D eigenvalue weighted by Gasteiger charge is -2.27. The maximum absolute atomic E-state index is 11.8. The Morgan fingerprint density at radius 2 is 2.00 bits per heavy atom. The number of methoxy groups -OCH3 is 1. The third-order valence-electron chi connectivity index (χ3n) is 3.10. The molecule has 1 atom stereocenters. The molecule has 0 saturated carbocycles. The van der Waals surface area contributed by atoms with Crippen LogP contribution >= 0.6 is 0 Å². The topological polar surface area (TPSA) is 46.6 Å². The maximum Gasteiger partial charge on any atom is 0.335 e. The molecule has 0 spiro atoms. The van der Waals surface area contributed by atoms with Crippen LogP contribution < -0.4 is 0 Å². The molecule has 1 aromatic rings. The van der Waals surface area contributed by atoms with Gasteiger partial charge in [-0.25, -0.2) is 4.79 Å². The van der Waals surface area contributed by atoms with Gasteiger partial charge in [-0.15, -0.1) is 0 Å². The van der Waals surface area contributed by atoms with E-state index in [4.69, 9.17) is 4.74 Å². The van der Waals surface area contributed by atoms with Crippen LogP contribution in [0, 0.1) is 0 Å². The Labute approximate surface area is 106 Å². The molecule has 4 nitrogen and oxygen atoms in total. The minimum absolute atomic E-state index is 0.00324. The van der Waals surface area contributed by atoms with Crippen molar-refractivity contribution >= 4 is 11.9 Å². The average Bonchev–Trinajstić information content (AvgIpc) is 2.41. The highest BCUT2D eigenvalue weighted by atomic mass is 16.5. The maximum atomic E-state index is 11.8. The van der Waals surface area contributed by atoms with Gasteiger partial charge in [-0.1, -0.05) is 30.3 Å². The molecule has 1 heterocycles. The third-order valence-corrected chi connectivity index (χ3v) is 3.10. The van der Waals surface area contributed by atoms with E-state index >= 15 is 0 Å². The van der Waals surface area contributed by atoms with Crippen molar-refractivity contribution in [3.05, 3.63) is 47.7 Å². The highest BCUT2D eigenvalue weighted by Crippen LogP contribution is 2.32. The Morgan fingerprint density at radius 1 is 1.33 bits per heavy atom. The summed E-state index contributed by atoms with van der Waals surface area (Å²) in [6, 6.07) is 9.53. The zero-order valence-electron chi connectivity index (χ0n) is 10.4. The monoisotopic (exact) mass is 245 g/mol. The molecule has 4 heteroatoms. The summed E-state index contributed by atoms with van der Waals surface area (Å²) in [6.07, 6.45) is 1.86. The second-order valence-corrected chi connectivity index (χ2v) is 4.25. The zero-order valence-corrected chi connectivity index (χ0v) is 10.4. The van der Waals surface area contributed by atoms with Crippen LogP contribution in [0.1, 0.15) is 17.9 Å². The van der Waals surface area contributed by atoms with Crippen molar-refractivity contribution in [2.24, 2.45) is 0 Å². The first-order chi connectivity index (χ1) is 8.63. The first kappa shape index (κ1) is 12.4. The number of carbonyl (C=O) groups is 2. The van der Waals surface area contributed by atoms with Gasteiger partial charge in [-0.3, -0.25) is 4.79 Å². The fourth-order valence-corrected chi connectivity index (χ4v) is 2.09. The Bertz CT molecular complexity index is 493. The Balaban J connectivity index is 2.41. The van der Waals surface area contributed by atoms with E-state index in [0.717, 1.165) is 5.56 Å². The summed E-state index contributed by atoms with van der Waals surface area (Å²) < 4.78 is 4.78. The van der Waals surface area contributed by atoms with Crippen LogP contribution in [0.5, 0.6) is 0 Å². The van der Waals surface area contributed by atoms with Crippen LogP contribution in [0.3, 0.4) is 0 Å². The van der Waals surface area contributed by atoms with E-state index in [-0.39, 0.29) is 17.8 Å². The number of nitrogens with zero attached hydrogens (tertiary/aromatic N) is 1. The summed E-state index contributed by atoms with van der Waals surface area (Å²) in [5.74, 6) is -0.609. The Morgan fingerprint density at radius 3 is 2.61 bits per heavy atom. The van der Waals surface area contributed by atoms with Gasteiger partial charge in [-0.2, -0.15) is 0 Å². The van der Waals surface area contributed by atoms with Gasteiger partial charge in [-0.05, 0) is 5.56 Å². The fourth-order valence-electron chi connectivity index (χ4n) is 2.09. The van der Waals surface area contributed by atoms with Crippen LogP contribution in [0.25, 0.3) is 0 Å². The number of ether oxygens (including phenoxy) is 1. The average molecular weight is 245 g/mol. The molecule has 1 aliphatic rings. The van der Waals surface area contributed by atoms with Gasteiger partial charge < -0.3 is 9.64 Å². The molecule has 0 unspecified atom stereocenters. The summed E-state index contributed by atoms with van der Waals surface area (Å²) in [4.78, 5) is 25.0. The molecular formula is C14H15NO3. The standard InChI is InChI=1S/C14H15NO3/c1-15-9-12(14(17)18-2)11(8-13(15)16)10-6-4-3-5-7-10/h3-7,9,11H,8H2,1-2H3/t11-/m0/s1. The van der Waals surface area contributed by atoms with Crippen LogP contribution in [-0.4, -0.2) is 30.9 Å². The summed E-state index contributed by atoms with van der Waals surface area (Å²) in [7, 11) is 2.99. The van der Waals surface area contributed by atoms with Crippen molar-refractivity contribution in [2.45, 2.75) is 12.3 Å². The number of amides is 1. The molecule has 2 rings (SSSR count). The molecule has 0 aliphatic carbocycles. The number of rotatable bonds is 2. The Kier molecular flexibility index (Phi) is 3.46. The van der Waals surface area contributed by atoms with Gasteiger partial charge >= 0.3 is 5.97 Å². The lowest BCUT2D eigenvalue weighted by atomic mass is 9.86. The second-order valence-electron chi connectivity index (χ2n) is 4.25. The predicted octanol–water partition coefficient (Wildman–Crippen LogP) is 1.69. The first-order valence-electron chi connectivity index (χ1n) is 5.74. The normalized spacial score (nSPS) is 19.4. The van der Waals surface area contributed by atoms with Crippen molar-refractivity contribution in [2.75, 3.05) is 14.2 Å². The van der Waals surface area contributed by atoms with Gasteiger partial charge in [0, 0.05) is 25.6 Å². The molecule has 94 valence electrons. The largest absolute Gasteiger partial charge is 0.466 e. The van der Waals surface area contributed by atoms with E-state index in [0.29, 0.717) is 12.0 Å². The van der Waals surface area contributed by atoms with Gasteiger partial charge in [0.2, 0.25) is 5.91 Å². The molecule has 1 amide bonds. The molecule has 0 fully saturated rings. The van der Waals surface area contributed by atoms with Crippen molar-refractivity contribution < 1.29 is 14.3 Å². The molecule has 0 bridgehead atoms. The van der Waals surface area contributed by atoms with Crippen molar-refractivity contribution in [3.8, 4) is 0 Å². The Hall–Kier alpha value is -2.10. The zero-order chi connectivity index (χ0) is 13.1. The SMILES string of the molecule is COC(=O)C1=CN(C)C(=O)C[C@H]1c1ccccc1. The summed E-state index contributed by atoms with van der Waals surface area (Å²) in [6.45, 7) is 0. The van der Waals surface area contributed by atoms with Crippen molar-refractivity contribution in [1.82, 2.24) is 4.90 Å².